The molecule has 4 rings (SSSR count). The number of aromatic nitrogens is 3. The van der Waals surface area contributed by atoms with Crippen molar-refractivity contribution in [1.29, 1.82) is 0 Å². The summed E-state index contributed by atoms with van der Waals surface area (Å²) in [5.41, 5.74) is 0.939. The Morgan fingerprint density at radius 2 is 1.86 bits per heavy atom. The number of ether oxygens (including phenoxy) is 1. The molecule has 1 N–H and O–H groups in total. The van der Waals surface area contributed by atoms with Crippen molar-refractivity contribution in [2.75, 3.05) is 7.11 Å². The SMILES string of the molecule is COc1ccccc1C(C)(C)NC(=O)c1nc(C2CC2)n(-c2ccccc2Cl)n1. The molecule has 1 aliphatic rings. The molecule has 0 radical (unpaired) electrons. The van der Waals surface area contributed by atoms with E-state index < -0.39 is 5.54 Å². The number of methoxy groups -OCH3 is 1. The van der Waals surface area contributed by atoms with E-state index in [0.717, 1.165) is 29.9 Å². The molecule has 0 unspecified atom stereocenters. The van der Waals surface area contributed by atoms with Crippen LogP contribution in [0, 0.1) is 0 Å². The number of hydrogen-bond donors (Lipinski definition) is 1. The van der Waals surface area contributed by atoms with E-state index in [1.165, 1.54) is 0 Å². The van der Waals surface area contributed by atoms with Crippen LogP contribution in [0.15, 0.2) is 48.5 Å². The highest BCUT2D eigenvalue weighted by Gasteiger charge is 2.33. The summed E-state index contributed by atoms with van der Waals surface area (Å²) in [4.78, 5) is 17.6. The Morgan fingerprint density at radius 3 is 2.55 bits per heavy atom. The predicted octanol–water partition coefficient (Wildman–Crippen LogP) is 4.47. The molecule has 3 aromatic rings. The van der Waals surface area contributed by atoms with Crippen molar-refractivity contribution in [3.8, 4) is 11.4 Å². The van der Waals surface area contributed by atoms with Crippen molar-refractivity contribution in [3.05, 3.63) is 70.8 Å². The zero-order valence-electron chi connectivity index (χ0n) is 16.6. The Labute approximate surface area is 174 Å². The van der Waals surface area contributed by atoms with Gasteiger partial charge in [-0.2, -0.15) is 0 Å². The summed E-state index contributed by atoms with van der Waals surface area (Å²) in [7, 11) is 1.62. The fourth-order valence-corrected chi connectivity index (χ4v) is 3.61. The molecule has 0 spiro atoms. The topological polar surface area (TPSA) is 69.0 Å². The van der Waals surface area contributed by atoms with Crippen molar-refractivity contribution in [1.82, 2.24) is 20.1 Å². The molecule has 1 aliphatic carbocycles. The first-order valence-corrected chi connectivity index (χ1v) is 9.96. The van der Waals surface area contributed by atoms with Gasteiger partial charge >= 0.3 is 0 Å². The van der Waals surface area contributed by atoms with Crippen LogP contribution in [0.5, 0.6) is 5.75 Å². The second-order valence-electron chi connectivity index (χ2n) is 7.71. The van der Waals surface area contributed by atoms with Crippen LogP contribution in [0.3, 0.4) is 0 Å². The van der Waals surface area contributed by atoms with E-state index in [-0.39, 0.29) is 11.7 Å². The summed E-state index contributed by atoms with van der Waals surface area (Å²) in [5.74, 6) is 1.59. The summed E-state index contributed by atoms with van der Waals surface area (Å²) in [6.07, 6.45) is 2.08. The first-order valence-electron chi connectivity index (χ1n) is 9.58. The molecule has 1 amide bonds. The fourth-order valence-electron chi connectivity index (χ4n) is 3.39. The van der Waals surface area contributed by atoms with E-state index in [2.05, 4.69) is 15.4 Å². The number of carbonyl (C=O) groups excluding carboxylic acids is 1. The summed E-state index contributed by atoms with van der Waals surface area (Å²) < 4.78 is 7.15. The molecule has 0 saturated heterocycles. The van der Waals surface area contributed by atoms with E-state index in [4.69, 9.17) is 16.3 Å². The van der Waals surface area contributed by atoms with Crippen molar-refractivity contribution < 1.29 is 9.53 Å². The number of para-hydroxylation sites is 2. The molecular weight excluding hydrogens is 388 g/mol. The molecule has 7 heteroatoms. The molecule has 2 aromatic carbocycles. The van der Waals surface area contributed by atoms with Crippen LogP contribution in [0.1, 0.15) is 54.6 Å². The van der Waals surface area contributed by atoms with E-state index >= 15 is 0 Å². The Balaban J connectivity index is 1.66. The minimum absolute atomic E-state index is 0.134. The number of amides is 1. The lowest BCUT2D eigenvalue weighted by Crippen LogP contribution is -2.41. The van der Waals surface area contributed by atoms with Gasteiger partial charge in [0.2, 0.25) is 5.82 Å². The van der Waals surface area contributed by atoms with Gasteiger partial charge in [-0.05, 0) is 44.9 Å². The lowest BCUT2D eigenvalue weighted by Gasteiger charge is -2.27. The number of benzene rings is 2. The fraction of sp³-hybridized carbons (Fsp3) is 0.318. The third-order valence-corrected chi connectivity index (χ3v) is 5.38. The van der Waals surface area contributed by atoms with Crippen molar-refractivity contribution in [2.24, 2.45) is 0 Å². The predicted molar refractivity (Wildman–Crippen MR) is 112 cm³/mol. The van der Waals surface area contributed by atoms with Crippen LogP contribution in [0.4, 0.5) is 0 Å². The minimum Gasteiger partial charge on any atom is -0.496 e. The van der Waals surface area contributed by atoms with Gasteiger partial charge in [-0.3, -0.25) is 4.79 Å². The van der Waals surface area contributed by atoms with Crippen LogP contribution in [0.25, 0.3) is 5.69 Å². The Hall–Kier alpha value is -2.86. The van der Waals surface area contributed by atoms with Crippen molar-refractivity contribution in [2.45, 2.75) is 38.1 Å². The maximum Gasteiger partial charge on any atom is 0.291 e. The Kier molecular flexibility index (Phi) is 5.04. The number of carbonyl (C=O) groups is 1. The monoisotopic (exact) mass is 410 g/mol. The summed E-state index contributed by atoms with van der Waals surface area (Å²) in [6.45, 7) is 3.85. The zero-order valence-corrected chi connectivity index (χ0v) is 17.4. The van der Waals surface area contributed by atoms with Crippen LogP contribution >= 0.6 is 11.6 Å². The quantitative estimate of drug-likeness (QED) is 0.650. The summed E-state index contributed by atoms with van der Waals surface area (Å²) >= 11 is 6.36. The van der Waals surface area contributed by atoms with E-state index in [1.807, 2.05) is 56.3 Å². The van der Waals surface area contributed by atoms with Crippen LogP contribution in [-0.4, -0.2) is 27.8 Å². The average Bonchev–Trinajstić information content (AvgIpc) is 3.46. The molecule has 1 saturated carbocycles. The molecule has 0 atom stereocenters. The van der Waals surface area contributed by atoms with E-state index in [0.29, 0.717) is 16.7 Å². The standard InChI is InChI=1S/C22H23ClN4O2/c1-22(2,15-8-4-7-11-18(15)29-3)25-21(28)19-24-20(14-12-13-14)27(26-19)17-10-6-5-9-16(17)23/h4-11,14H,12-13H2,1-3H3,(H,25,28). The second-order valence-corrected chi connectivity index (χ2v) is 8.12. The molecule has 0 bridgehead atoms. The number of nitrogens with zero attached hydrogens (tertiary/aromatic N) is 3. The highest BCUT2D eigenvalue weighted by Crippen LogP contribution is 2.40. The lowest BCUT2D eigenvalue weighted by molar-refractivity contribution is 0.0900. The molecular formula is C22H23ClN4O2. The molecule has 1 fully saturated rings. The van der Waals surface area contributed by atoms with Gasteiger partial charge in [0.05, 0.1) is 23.4 Å². The molecule has 1 aromatic heterocycles. The van der Waals surface area contributed by atoms with Gasteiger partial charge in [0.15, 0.2) is 0 Å². The van der Waals surface area contributed by atoms with E-state index in [9.17, 15) is 4.79 Å². The largest absolute Gasteiger partial charge is 0.496 e. The number of halogens is 1. The number of hydrogen-bond acceptors (Lipinski definition) is 4. The van der Waals surface area contributed by atoms with Gasteiger partial charge in [-0.25, -0.2) is 9.67 Å². The number of nitrogens with one attached hydrogen (secondary N) is 1. The van der Waals surface area contributed by atoms with Gasteiger partial charge in [0.25, 0.3) is 5.91 Å². The second kappa shape index (κ2) is 7.52. The minimum atomic E-state index is -0.667. The van der Waals surface area contributed by atoms with Crippen molar-refractivity contribution >= 4 is 17.5 Å². The first kappa shape index (κ1) is 19.5. The highest BCUT2D eigenvalue weighted by molar-refractivity contribution is 6.32. The molecule has 150 valence electrons. The van der Waals surface area contributed by atoms with Crippen molar-refractivity contribution in [3.63, 3.8) is 0 Å². The third kappa shape index (κ3) is 3.85. The zero-order chi connectivity index (χ0) is 20.6. The van der Waals surface area contributed by atoms with Crippen LogP contribution in [0.2, 0.25) is 5.02 Å². The molecule has 1 heterocycles. The third-order valence-electron chi connectivity index (χ3n) is 5.06. The van der Waals surface area contributed by atoms with Gasteiger partial charge < -0.3 is 10.1 Å². The summed E-state index contributed by atoms with van der Waals surface area (Å²) in [5, 5.41) is 8.11. The Morgan fingerprint density at radius 1 is 1.17 bits per heavy atom. The van der Waals surface area contributed by atoms with E-state index in [1.54, 1.807) is 17.9 Å². The van der Waals surface area contributed by atoms with Gasteiger partial charge in [0.1, 0.15) is 11.6 Å². The Bertz CT molecular complexity index is 1060. The van der Waals surface area contributed by atoms with Crippen LogP contribution in [-0.2, 0) is 5.54 Å². The molecule has 0 aliphatic heterocycles. The van der Waals surface area contributed by atoms with Crippen LogP contribution < -0.4 is 10.1 Å². The maximum absolute atomic E-state index is 13.0. The van der Waals surface area contributed by atoms with Gasteiger partial charge in [-0.1, -0.05) is 41.9 Å². The average molecular weight is 411 g/mol. The smallest absolute Gasteiger partial charge is 0.291 e. The first-order chi connectivity index (χ1) is 13.9. The maximum atomic E-state index is 13.0. The molecule has 6 nitrogen and oxygen atoms in total. The lowest BCUT2D eigenvalue weighted by atomic mass is 9.93. The number of rotatable bonds is 6. The summed E-state index contributed by atoms with van der Waals surface area (Å²) in [6, 6.07) is 15.1. The van der Waals surface area contributed by atoms with Gasteiger partial charge in [-0.15, -0.1) is 5.10 Å². The normalized spacial score (nSPS) is 13.9. The van der Waals surface area contributed by atoms with Gasteiger partial charge in [0, 0.05) is 11.5 Å². The highest BCUT2D eigenvalue weighted by atomic mass is 35.5. The molecule has 29 heavy (non-hydrogen) atoms.